The van der Waals surface area contributed by atoms with Gasteiger partial charge in [-0.2, -0.15) is 0 Å². The molecule has 1 aromatic carbocycles. The summed E-state index contributed by atoms with van der Waals surface area (Å²) in [7, 11) is 1.49. The summed E-state index contributed by atoms with van der Waals surface area (Å²) < 4.78 is 5.15. The fourth-order valence-corrected chi connectivity index (χ4v) is 3.58. The van der Waals surface area contributed by atoms with E-state index in [0.29, 0.717) is 5.75 Å². The molecule has 0 bridgehead atoms. The summed E-state index contributed by atoms with van der Waals surface area (Å²) in [6.45, 7) is 1.06. The van der Waals surface area contributed by atoms with Gasteiger partial charge in [-0.05, 0) is 55.8 Å². The Balaban J connectivity index is 0.00000161. The number of benzene rings is 1. The van der Waals surface area contributed by atoms with Crippen molar-refractivity contribution in [2.24, 2.45) is 0 Å². The first-order valence-electron chi connectivity index (χ1n) is 7.23. The Hall–Kier alpha value is -1.33. The number of aryl methyl sites for hydroxylation is 1. The molecule has 21 heavy (non-hydrogen) atoms. The number of piperidine rings is 1. The van der Waals surface area contributed by atoms with Crippen LogP contribution < -0.4 is 10.1 Å². The first-order valence-corrected chi connectivity index (χ1v) is 7.23. The monoisotopic (exact) mass is 312 g/mol. The van der Waals surface area contributed by atoms with Gasteiger partial charge in [-0.1, -0.05) is 6.42 Å². The van der Waals surface area contributed by atoms with Gasteiger partial charge in [0.05, 0.1) is 12.0 Å². The molecule has 6 heteroatoms. The number of rotatable bonds is 2. The minimum absolute atomic E-state index is 0. The van der Waals surface area contributed by atoms with Crippen LogP contribution in [0.1, 0.15) is 36.8 Å². The standard InChI is InChI=1S/C15H20N2O3.ClH/c1-20-14-9-11-4-6-15(5-2-3-7-16-15)10-12(11)8-13(14)17(18)19;/h8-9,16H,2-7,10H2,1H3;1H. The number of hydrogen-bond acceptors (Lipinski definition) is 4. The van der Waals surface area contributed by atoms with Gasteiger partial charge in [0.2, 0.25) is 0 Å². The second-order valence-electron chi connectivity index (χ2n) is 5.89. The third kappa shape index (κ3) is 2.99. The van der Waals surface area contributed by atoms with E-state index in [1.807, 2.05) is 6.07 Å². The Kier molecular flexibility index (Phi) is 4.74. The lowest BCUT2D eigenvalue weighted by molar-refractivity contribution is -0.385. The minimum Gasteiger partial charge on any atom is -0.490 e. The van der Waals surface area contributed by atoms with E-state index in [1.165, 1.54) is 31.9 Å². The molecule has 1 atom stereocenters. The smallest absolute Gasteiger partial charge is 0.311 e. The largest absolute Gasteiger partial charge is 0.490 e. The van der Waals surface area contributed by atoms with Gasteiger partial charge in [0.1, 0.15) is 0 Å². The average molecular weight is 313 g/mol. The lowest BCUT2D eigenvalue weighted by Crippen LogP contribution is -2.52. The summed E-state index contributed by atoms with van der Waals surface area (Å²) in [5, 5.41) is 14.8. The summed E-state index contributed by atoms with van der Waals surface area (Å²) in [5.74, 6) is 0.376. The minimum atomic E-state index is -0.352. The molecule has 0 amide bonds. The third-order valence-corrected chi connectivity index (χ3v) is 4.68. The zero-order valence-electron chi connectivity index (χ0n) is 12.2. The molecule has 1 unspecified atom stereocenters. The summed E-state index contributed by atoms with van der Waals surface area (Å²) in [5.41, 5.74) is 2.55. The second kappa shape index (κ2) is 6.20. The van der Waals surface area contributed by atoms with Gasteiger partial charge in [-0.15, -0.1) is 12.4 Å². The maximum Gasteiger partial charge on any atom is 0.311 e. The zero-order chi connectivity index (χ0) is 14.2. The number of nitrogens with zero attached hydrogens (tertiary/aromatic N) is 1. The molecule has 1 spiro atoms. The summed E-state index contributed by atoms with van der Waals surface area (Å²) >= 11 is 0. The maximum atomic E-state index is 11.1. The van der Waals surface area contributed by atoms with Gasteiger partial charge >= 0.3 is 5.69 Å². The van der Waals surface area contributed by atoms with E-state index in [2.05, 4.69) is 5.32 Å². The summed E-state index contributed by atoms with van der Waals surface area (Å²) in [4.78, 5) is 10.8. The van der Waals surface area contributed by atoms with Crippen molar-refractivity contribution in [1.82, 2.24) is 5.32 Å². The number of nitro benzene ring substituents is 1. The van der Waals surface area contributed by atoms with Crippen LogP contribution in [0, 0.1) is 10.1 Å². The number of nitro groups is 1. The third-order valence-electron chi connectivity index (χ3n) is 4.68. The summed E-state index contributed by atoms with van der Waals surface area (Å²) in [6, 6.07) is 3.56. The van der Waals surface area contributed by atoms with Crippen LogP contribution in [0.25, 0.3) is 0 Å². The van der Waals surface area contributed by atoms with E-state index in [1.54, 1.807) is 6.07 Å². The molecule has 0 radical (unpaired) electrons. The first kappa shape index (κ1) is 16.0. The van der Waals surface area contributed by atoms with Crippen LogP contribution in [0.5, 0.6) is 5.75 Å². The Bertz CT molecular complexity index is 542. The molecule has 0 saturated carbocycles. The second-order valence-corrected chi connectivity index (χ2v) is 5.89. The SMILES string of the molecule is COc1cc2c(cc1[N+](=O)[O-])CC1(CCCCN1)CC2.Cl. The van der Waals surface area contributed by atoms with Crippen LogP contribution in [0.3, 0.4) is 0 Å². The molecular weight excluding hydrogens is 292 g/mol. The van der Waals surface area contributed by atoms with Crippen molar-refractivity contribution in [2.75, 3.05) is 13.7 Å². The van der Waals surface area contributed by atoms with Crippen molar-refractivity contribution < 1.29 is 9.66 Å². The number of hydrogen-bond donors (Lipinski definition) is 1. The highest BCUT2D eigenvalue weighted by Crippen LogP contribution is 2.39. The van der Waals surface area contributed by atoms with Crippen LogP contribution in [0.15, 0.2) is 12.1 Å². The van der Waals surface area contributed by atoms with Gasteiger partial charge in [-0.3, -0.25) is 10.1 Å². The predicted molar refractivity (Wildman–Crippen MR) is 83.5 cm³/mol. The molecule has 116 valence electrons. The van der Waals surface area contributed by atoms with Gasteiger partial charge in [-0.25, -0.2) is 0 Å². The van der Waals surface area contributed by atoms with Crippen molar-refractivity contribution in [3.8, 4) is 5.75 Å². The predicted octanol–water partition coefficient (Wildman–Crippen LogP) is 3.03. The molecule has 0 aromatic heterocycles. The highest BCUT2D eigenvalue weighted by molar-refractivity contribution is 5.85. The zero-order valence-corrected chi connectivity index (χ0v) is 13.0. The van der Waals surface area contributed by atoms with E-state index in [9.17, 15) is 10.1 Å². The highest BCUT2D eigenvalue weighted by Gasteiger charge is 2.36. The van der Waals surface area contributed by atoms with Crippen molar-refractivity contribution in [3.63, 3.8) is 0 Å². The molecule has 1 fully saturated rings. The Morgan fingerprint density at radius 1 is 1.29 bits per heavy atom. The molecule has 1 saturated heterocycles. The molecule has 5 nitrogen and oxygen atoms in total. The maximum absolute atomic E-state index is 11.1. The van der Waals surface area contributed by atoms with Crippen molar-refractivity contribution in [1.29, 1.82) is 0 Å². The lowest BCUT2D eigenvalue weighted by Gasteiger charge is -2.42. The van der Waals surface area contributed by atoms with Gasteiger partial charge in [0, 0.05) is 11.6 Å². The average Bonchev–Trinajstić information content (AvgIpc) is 2.46. The number of halogens is 1. The van der Waals surface area contributed by atoms with E-state index in [0.717, 1.165) is 31.4 Å². The highest BCUT2D eigenvalue weighted by atomic mass is 35.5. The molecule has 1 aliphatic heterocycles. The molecule has 1 aliphatic carbocycles. The molecule has 3 rings (SSSR count). The fourth-order valence-electron chi connectivity index (χ4n) is 3.58. The number of methoxy groups -OCH3 is 1. The normalized spacial score (nSPS) is 24.0. The molecule has 1 heterocycles. The van der Waals surface area contributed by atoms with E-state index in [-0.39, 0.29) is 28.6 Å². The quantitative estimate of drug-likeness (QED) is 0.673. The van der Waals surface area contributed by atoms with Crippen LogP contribution in [0.4, 0.5) is 5.69 Å². The van der Waals surface area contributed by atoms with Crippen molar-refractivity contribution in [2.45, 2.75) is 44.1 Å². The Morgan fingerprint density at radius 2 is 2.10 bits per heavy atom. The van der Waals surface area contributed by atoms with Gasteiger partial charge in [0.25, 0.3) is 0 Å². The van der Waals surface area contributed by atoms with E-state index in [4.69, 9.17) is 4.74 Å². The van der Waals surface area contributed by atoms with Crippen LogP contribution >= 0.6 is 12.4 Å². The molecule has 2 aliphatic rings. The number of fused-ring (bicyclic) bond motifs is 1. The van der Waals surface area contributed by atoms with E-state index >= 15 is 0 Å². The van der Waals surface area contributed by atoms with Crippen molar-refractivity contribution in [3.05, 3.63) is 33.4 Å². The van der Waals surface area contributed by atoms with Crippen molar-refractivity contribution >= 4 is 18.1 Å². The van der Waals surface area contributed by atoms with E-state index < -0.39 is 0 Å². The Labute approximate surface area is 130 Å². The van der Waals surface area contributed by atoms with Crippen LogP contribution in [-0.2, 0) is 12.8 Å². The first-order chi connectivity index (χ1) is 9.63. The molecule has 1 N–H and O–H groups in total. The summed E-state index contributed by atoms with van der Waals surface area (Å²) in [6.07, 6.45) is 6.63. The van der Waals surface area contributed by atoms with Gasteiger partial charge in [0.15, 0.2) is 5.75 Å². The Morgan fingerprint density at radius 3 is 2.71 bits per heavy atom. The van der Waals surface area contributed by atoms with Gasteiger partial charge < -0.3 is 10.1 Å². The van der Waals surface area contributed by atoms with Crippen LogP contribution in [-0.4, -0.2) is 24.1 Å². The topological polar surface area (TPSA) is 64.4 Å². The lowest BCUT2D eigenvalue weighted by atomic mass is 9.73. The molecular formula is C15H21ClN2O3. The van der Waals surface area contributed by atoms with Crippen LogP contribution in [0.2, 0.25) is 0 Å². The number of nitrogens with one attached hydrogen (secondary N) is 1. The number of ether oxygens (including phenoxy) is 1. The fraction of sp³-hybridized carbons (Fsp3) is 0.600. The molecule has 1 aromatic rings.